The maximum Gasteiger partial charge on any atom is 0.266 e. The first-order valence-electron chi connectivity index (χ1n) is 8.61. The zero-order chi connectivity index (χ0) is 18.4. The molecule has 6 heteroatoms. The Balaban J connectivity index is 1.72. The monoisotopic (exact) mass is 351 g/mol. The fraction of sp³-hybridized carbons (Fsp3) is 0.300. The predicted molar refractivity (Wildman–Crippen MR) is 100.0 cm³/mol. The molecule has 0 radical (unpaired) electrons. The van der Waals surface area contributed by atoms with Crippen molar-refractivity contribution >= 4 is 23.6 Å². The molecule has 2 aromatic rings. The van der Waals surface area contributed by atoms with Gasteiger partial charge < -0.3 is 19.4 Å². The quantitative estimate of drug-likeness (QED) is 0.654. The minimum atomic E-state index is -0.489. The van der Waals surface area contributed by atoms with Crippen LogP contribution in [0.25, 0.3) is 6.08 Å². The molecule has 1 aliphatic heterocycles. The second-order valence-corrected chi connectivity index (χ2v) is 6.08. The highest BCUT2D eigenvalue weighted by molar-refractivity contribution is 6.09. The van der Waals surface area contributed by atoms with Gasteiger partial charge in [-0.15, -0.1) is 0 Å². The zero-order valence-corrected chi connectivity index (χ0v) is 14.7. The van der Waals surface area contributed by atoms with Crippen LogP contribution in [0.15, 0.2) is 46.4 Å². The van der Waals surface area contributed by atoms with Crippen molar-refractivity contribution in [3.63, 3.8) is 0 Å². The van der Waals surface area contributed by atoms with E-state index < -0.39 is 5.91 Å². The number of rotatable bonds is 5. The lowest BCUT2D eigenvalue weighted by molar-refractivity contribution is -0.112. The summed E-state index contributed by atoms with van der Waals surface area (Å²) in [5, 5.41) is 12.0. The van der Waals surface area contributed by atoms with Crippen LogP contribution in [0.4, 0.5) is 11.6 Å². The van der Waals surface area contributed by atoms with Crippen molar-refractivity contribution in [1.82, 2.24) is 0 Å². The standard InChI is InChI=1S/C20H21N3O3/c1-25-17-7-5-6-16(13-17)22-20(24)15(14-21)12-18-8-9-19(26-18)23-10-3-2-4-11-23/h5-9,12-13H,2-4,10-11H2,1H3,(H,22,24)/b15-12-. The minimum absolute atomic E-state index is 0.0210. The van der Waals surface area contributed by atoms with Gasteiger partial charge >= 0.3 is 0 Å². The molecule has 0 bridgehead atoms. The number of hydrogen-bond acceptors (Lipinski definition) is 5. The number of hydrogen-bond donors (Lipinski definition) is 1. The number of ether oxygens (including phenoxy) is 1. The van der Waals surface area contributed by atoms with Gasteiger partial charge in [0.25, 0.3) is 5.91 Å². The highest BCUT2D eigenvalue weighted by Gasteiger charge is 2.15. The molecular weight excluding hydrogens is 330 g/mol. The lowest BCUT2D eigenvalue weighted by atomic mass is 10.1. The summed E-state index contributed by atoms with van der Waals surface area (Å²) in [6.07, 6.45) is 5.01. The molecule has 1 aliphatic rings. The number of amides is 1. The van der Waals surface area contributed by atoms with E-state index in [1.54, 1.807) is 37.4 Å². The number of carbonyl (C=O) groups is 1. The Kier molecular flexibility index (Phi) is 5.59. The first-order valence-corrected chi connectivity index (χ1v) is 8.61. The molecule has 1 amide bonds. The van der Waals surface area contributed by atoms with Crippen LogP contribution in [0.2, 0.25) is 0 Å². The lowest BCUT2D eigenvalue weighted by Crippen LogP contribution is -2.28. The maximum atomic E-state index is 12.4. The molecule has 2 heterocycles. The average molecular weight is 351 g/mol. The molecule has 0 aliphatic carbocycles. The van der Waals surface area contributed by atoms with Crippen LogP contribution < -0.4 is 15.0 Å². The molecule has 134 valence electrons. The van der Waals surface area contributed by atoms with E-state index in [1.165, 1.54) is 12.5 Å². The molecule has 3 rings (SSSR count). The molecule has 1 aromatic heterocycles. The van der Waals surface area contributed by atoms with Crippen LogP contribution in [-0.2, 0) is 4.79 Å². The largest absolute Gasteiger partial charge is 0.497 e. The van der Waals surface area contributed by atoms with Crippen molar-refractivity contribution in [3.8, 4) is 11.8 Å². The molecule has 6 nitrogen and oxygen atoms in total. The Morgan fingerprint density at radius 3 is 2.81 bits per heavy atom. The first kappa shape index (κ1) is 17.6. The van der Waals surface area contributed by atoms with E-state index in [-0.39, 0.29) is 5.57 Å². The number of nitrogens with one attached hydrogen (secondary N) is 1. The summed E-state index contributed by atoms with van der Waals surface area (Å²) in [4.78, 5) is 14.5. The Bertz CT molecular complexity index is 842. The predicted octanol–water partition coefficient (Wildman–Crippen LogP) is 3.82. The van der Waals surface area contributed by atoms with E-state index in [9.17, 15) is 10.1 Å². The van der Waals surface area contributed by atoms with Crippen LogP contribution in [0.3, 0.4) is 0 Å². The summed E-state index contributed by atoms with van der Waals surface area (Å²) in [5.41, 5.74) is 0.538. The number of furan rings is 1. The highest BCUT2D eigenvalue weighted by Crippen LogP contribution is 2.24. The van der Waals surface area contributed by atoms with Gasteiger partial charge in [-0.2, -0.15) is 5.26 Å². The summed E-state index contributed by atoms with van der Waals surface area (Å²) >= 11 is 0. The molecule has 1 fully saturated rings. The second-order valence-electron chi connectivity index (χ2n) is 6.08. The van der Waals surface area contributed by atoms with Gasteiger partial charge in [0.15, 0.2) is 5.88 Å². The SMILES string of the molecule is COc1cccc(NC(=O)/C(C#N)=C\c2ccc(N3CCCCC3)o2)c1. The van der Waals surface area contributed by atoms with E-state index in [0.717, 1.165) is 31.8 Å². The summed E-state index contributed by atoms with van der Waals surface area (Å²) in [5.74, 6) is 1.41. The smallest absolute Gasteiger partial charge is 0.266 e. The number of anilines is 2. The molecule has 26 heavy (non-hydrogen) atoms. The Hall–Kier alpha value is -3.20. The van der Waals surface area contributed by atoms with Crippen LogP contribution in [0.5, 0.6) is 5.75 Å². The van der Waals surface area contributed by atoms with Crippen LogP contribution in [0.1, 0.15) is 25.0 Å². The fourth-order valence-corrected chi connectivity index (χ4v) is 2.89. The number of nitrogens with zero attached hydrogens (tertiary/aromatic N) is 2. The summed E-state index contributed by atoms with van der Waals surface area (Å²) < 4.78 is 10.9. The first-order chi connectivity index (χ1) is 12.7. The van der Waals surface area contributed by atoms with Gasteiger partial charge in [-0.25, -0.2) is 0 Å². The fourth-order valence-electron chi connectivity index (χ4n) is 2.89. The molecule has 1 saturated heterocycles. The molecule has 0 spiro atoms. The van der Waals surface area contributed by atoms with Gasteiger partial charge in [-0.1, -0.05) is 6.07 Å². The number of piperidine rings is 1. The average Bonchev–Trinajstić information content (AvgIpc) is 3.15. The van der Waals surface area contributed by atoms with Crippen molar-refractivity contribution < 1.29 is 13.9 Å². The number of carbonyl (C=O) groups excluding carboxylic acids is 1. The van der Waals surface area contributed by atoms with E-state index in [0.29, 0.717) is 17.2 Å². The number of benzene rings is 1. The summed E-state index contributed by atoms with van der Waals surface area (Å²) in [6, 6.07) is 12.6. The molecule has 0 saturated carbocycles. The summed E-state index contributed by atoms with van der Waals surface area (Å²) in [6.45, 7) is 1.94. The van der Waals surface area contributed by atoms with E-state index in [4.69, 9.17) is 9.15 Å². The summed E-state index contributed by atoms with van der Waals surface area (Å²) in [7, 11) is 1.55. The normalized spacial score (nSPS) is 14.6. The third-order valence-corrected chi connectivity index (χ3v) is 4.26. The van der Waals surface area contributed by atoms with Gasteiger partial charge in [0.05, 0.1) is 7.11 Å². The van der Waals surface area contributed by atoms with Crippen molar-refractivity contribution in [2.75, 3.05) is 30.4 Å². The maximum absolute atomic E-state index is 12.4. The molecule has 0 unspecified atom stereocenters. The van der Waals surface area contributed by atoms with Gasteiger partial charge in [0.2, 0.25) is 0 Å². The molecular formula is C20H21N3O3. The molecule has 1 N–H and O–H groups in total. The number of nitriles is 1. The van der Waals surface area contributed by atoms with E-state index in [2.05, 4.69) is 10.2 Å². The third kappa shape index (κ3) is 4.25. The zero-order valence-electron chi connectivity index (χ0n) is 14.7. The van der Waals surface area contributed by atoms with Crippen molar-refractivity contribution in [2.45, 2.75) is 19.3 Å². The van der Waals surface area contributed by atoms with Gasteiger partial charge in [0, 0.05) is 37.0 Å². The van der Waals surface area contributed by atoms with E-state index >= 15 is 0 Å². The minimum Gasteiger partial charge on any atom is -0.497 e. The van der Waals surface area contributed by atoms with Crippen molar-refractivity contribution in [1.29, 1.82) is 5.26 Å². The van der Waals surface area contributed by atoms with Gasteiger partial charge in [0.1, 0.15) is 23.2 Å². The highest BCUT2D eigenvalue weighted by atomic mass is 16.5. The molecule has 1 aromatic carbocycles. The van der Waals surface area contributed by atoms with Crippen LogP contribution >= 0.6 is 0 Å². The van der Waals surface area contributed by atoms with Gasteiger partial charge in [-0.05, 0) is 37.5 Å². The van der Waals surface area contributed by atoms with Crippen LogP contribution in [-0.4, -0.2) is 26.1 Å². The van der Waals surface area contributed by atoms with Gasteiger partial charge in [-0.3, -0.25) is 4.79 Å². The third-order valence-electron chi connectivity index (χ3n) is 4.26. The number of methoxy groups -OCH3 is 1. The lowest BCUT2D eigenvalue weighted by Gasteiger charge is -2.25. The topological polar surface area (TPSA) is 78.5 Å². The second kappa shape index (κ2) is 8.26. The van der Waals surface area contributed by atoms with Crippen LogP contribution in [0, 0.1) is 11.3 Å². The van der Waals surface area contributed by atoms with E-state index in [1.807, 2.05) is 12.1 Å². The molecule has 0 atom stereocenters. The van der Waals surface area contributed by atoms with Crippen molar-refractivity contribution in [2.24, 2.45) is 0 Å². The van der Waals surface area contributed by atoms with Crippen molar-refractivity contribution in [3.05, 3.63) is 47.7 Å². The Labute approximate surface area is 152 Å². The Morgan fingerprint density at radius 2 is 2.08 bits per heavy atom. The Morgan fingerprint density at radius 1 is 1.27 bits per heavy atom.